The highest BCUT2D eigenvalue weighted by Crippen LogP contribution is 2.48. The number of rotatable bonds is 7. The van der Waals surface area contributed by atoms with Crippen LogP contribution in [0, 0.1) is 0 Å². The van der Waals surface area contributed by atoms with E-state index in [1.54, 1.807) is 36.0 Å². The lowest BCUT2D eigenvalue weighted by molar-refractivity contribution is -0.286. The maximum absolute atomic E-state index is 13.6. The molecule has 3 heterocycles. The molecule has 1 fully saturated rings. The Labute approximate surface area is 222 Å². The SMILES string of the molecule is Oc1ccc2c(c1)SCC(c1ccc3c(c1)OC(F)(F)O3)=C2c1ccc(O[C@H]2CCN(CCCF)C2)cc1. The molecule has 0 radical (unpaired) electrons. The van der Waals surface area contributed by atoms with E-state index in [9.17, 15) is 18.3 Å². The zero-order chi connectivity index (χ0) is 26.3. The maximum Gasteiger partial charge on any atom is 0.586 e. The Bertz CT molecular complexity index is 1380. The Morgan fingerprint density at radius 1 is 1.00 bits per heavy atom. The van der Waals surface area contributed by atoms with Crippen LogP contribution in [0.15, 0.2) is 65.6 Å². The van der Waals surface area contributed by atoms with Crippen LogP contribution in [-0.2, 0) is 0 Å². The van der Waals surface area contributed by atoms with Crippen molar-refractivity contribution in [2.45, 2.75) is 30.1 Å². The number of aromatic hydroxyl groups is 1. The summed E-state index contributed by atoms with van der Waals surface area (Å²) in [5, 5.41) is 10.1. The molecule has 1 atom stereocenters. The van der Waals surface area contributed by atoms with E-state index in [0.29, 0.717) is 12.2 Å². The summed E-state index contributed by atoms with van der Waals surface area (Å²) >= 11 is 1.58. The molecule has 3 aliphatic heterocycles. The fourth-order valence-corrected chi connectivity index (χ4v) is 6.33. The summed E-state index contributed by atoms with van der Waals surface area (Å²) in [5.41, 5.74) is 4.56. The fraction of sp³-hybridized carbons (Fsp3) is 0.310. The number of phenols is 1. The van der Waals surface area contributed by atoms with Crippen LogP contribution in [0.25, 0.3) is 11.1 Å². The molecule has 1 saturated heterocycles. The molecule has 3 aromatic carbocycles. The molecule has 0 bridgehead atoms. The summed E-state index contributed by atoms with van der Waals surface area (Å²) in [6.07, 6.45) is -2.16. The molecule has 5 nitrogen and oxygen atoms in total. The van der Waals surface area contributed by atoms with Gasteiger partial charge >= 0.3 is 6.29 Å². The standard InChI is InChI=1S/C29H26F3NO4S/c30-11-1-12-33-13-10-22(16-33)35-21-6-2-18(3-7-21)28-23-8-5-20(34)15-27(23)38-17-24(28)19-4-9-25-26(14-19)37-29(31,32)36-25/h2-9,14-15,22,34H,1,10-13,16-17H2/t22-/m0/s1. The van der Waals surface area contributed by atoms with Crippen molar-refractivity contribution in [3.63, 3.8) is 0 Å². The van der Waals surface area contributed by atoms with Crippen LogP contribution in [0.5, 0.6) is 23.0 Å². The van der Waals surface area contributed by atoms with Crippen molar-refractivity contribution in [1.29, 1.82) is 0 Å². The molecule has 38 heavy (non-hydrogen) atoms. The number of ether oxygens (including phenoxy) is 3. The van der Waals surface area contributed by atoms with Gasteiger partial charge in [0, 0.05) is 30.3 Å². The van der Waals surface area contributed by atoms with Gasteiger partial charge < -0.3 is 19.3 Å². The van der Waals surface area contributed by atoms with Gasteiger partial charge in [0.15, 0.2) is 11.5 Å². The third-order valence-electron chi connectivity index (χ3n) is 6.94. The van der Waals surface area contributed by atoms with Crippen LogP contribution < -0.4 is 14.2 Å². The first-order chi connectivity index (χ1) is 18.4. The zero-order valence-electron chi connectivity index (χ0n) is 20.5. The van der Waals surface area contributed by atoms with Gasteiger partial charge in [0.1, 0.15) is 17.6 Å². The lowest BCUT2D eigenvalue weighted by Gasteiger charge is -2.24. The molecule has 3 aromatic rings. The summed E-state index contributed by atoms with van der Waals surface area (Å²) in [4.78, 5) is 3.17. The molecule has 0 aromatic heterocycles. The minimum atomic E-state index is -3.68. The van der Waals surface area contributed by atoms with Gasteiger partial charge in [-0.15, -0.1) is 20.5 Å². The Balaban J connectivity index is 1.32. The number of likely N-dealkylation sites (tertiary alicyclic amines) is 1. The zero-order valence-corrected chi connectivity index (χ0v) is 21.3. The predicted molar refractivity (Wildman–Crippen MR) is 140 cm³/mol. The number of benzene rings is 3. The number of thioether (sulfide) groups is 1. The maximum atomic E-state index is 13.6. The van der Waals surface area contributed by atoms with Crippen molar-refractivity contribution in [2.75, 3.05) is 32.1 Å². The largest absolute Gasteiger partial charge is 0.586 e. The van der Waals surface area contributed by atoms with Crippen LogP contribution in [0.3, 0.4) is 0 Å². The highest BCUT2D eigenvalue weighted by Gasteiger charge is 2.43. The Hall–Kier alpha value is -3.30. The summed E-state index contributed by atoms with van der Waals surface area (Å²) < 4.78 is 55.2. The molecular formula is C29H26F3NO4S. The van der Waals surface area contributed by atoms with Crippen LogP contribution in [-0.4, -0.2) is 54.5 Å². The van der Waals surface area contributed by atoms with E-state index in [1.165, 1.54) is 6.07 Å². The van der Waals surface area contributed by atoms with E-state index in [0.717, 1.165) is 64.5 Å². The van der Waals surface area contributed by atoms with E-state index in [2.05, 4.69) is 9.64 Å². The first-order valence-corrected chi connectivity index (χ1v) is 13.5. The van der Waals surface area contributed by atoms with Gasteiger partial charge in [0.25, 0.3) is 0 Å². The molecule has 198 valence electrons. The molecule has 0 saturated carbocycles. The van der Waals surface area contributed by atoms with Gasteiger partial charge in [-0.1, -0.05) is 18.2 Å². The van der Waals surface area contributed by atoms with Crippen molar-refractivity contribution in [3.8, 4) is 23.0 Å². The van der Waals surface area contributed by atoms with Gasteiger partial charge in [0.05, 0.1) is 6.67 Å². The first-order valence-electron chi connectivity index (χ1n) is 12.5. The fourth-order valence-electron chi connectivity index (χ4n) is 5.19. The molecule has 9 heteroatoms. The minimum absolute atomic E-state index is 0.00160. The monoisotopic (exact) mass is 541 g/mol. The Kier molecular flexibility index (Phi) is 6.65. The molecule has 0 unspecified atom stereocenters. The van der Waals surface area contributed by atoms with Gasteiger partial charge in [-0.05, 0) is 83.1 Å². The molecule has 1 N–H and O–H groups in total. The van der Waals surface area contributed by atoms with Crippen LogP contribution in [0.1, 0.15) is 29.5 Å². The normalized spacial score (nSPS) is 20.0. The molecule has 0 spiro atoms. The minimum Gasteiger partial charge on any atom is -0.508 e. The van der Waals surface area contributed by atoms with Crippen molar-refractivity contribution in [3.05, 3.63) is 77.4 Å². The number of hydrogen-bond acceptors (Lipinski definition) is 6. The van der Waals surface area contributed by atoms with Crippen LogP contribution in [0.2, 0.25) is 0 Å². The second-order valence-electron chi connectivity index (χ2n) is 9.55. The van der Waals surface area contributed by atoms with Crippen molar-refractivity contribution < 1.29 is 32.5 Å². The second kappa shape index (κ2) is 10.1. The smallest absolute Gasteiger partial charge is 0.508 e. The number of nitrogens with zero attached hydrogens (tertiary/aromatic N) is 1. The number of fused-ring (bicyclic) bond motifs is 2. The average Bonchev–Trinajstić information content (AvgIpc) is 3.48. The third kappa shape index (κ3) is 5.05. The molecule has 3 aliphatic rings. The average molecular weight is 542 g/mol. The van der Waals surface area contributed by atoms with E-state index < -0.39 is 6.29 Å². The lowest BCUT2D eigenvalue weighted by Crippen LogP contribution is -2.26. The Morgan fingerprint density at radius 2 is 1.79 bits per heavy atom. The number of phenolic OH excluding ortho intramolecular Hbond substituents is 1. The second-order valence-corrected chi connectivity index (χ2v) is 10.6. The van der Waals surface area contributed by atoms with Crippen LogP contribution in [0.4, 0.5) is 13.2 Å². The molecule has 0 amide bonds. The van der Waals surface area contributed by atoms with Crippen molar-refractivity contribution in [2.24, 2.45) is 0 Å². The first kappa shape index (κ1) is 25.0. The van der Waals surface area contributed by atoms with Crippen molar-refractivity contribution >= 4 is 22.9 Å². The number of alkyl halides is 3. The summed E-state index contributed by atoms with van der Waals surface area (Å²) in [7, 11) is 0. The Morgan fingerprint density at radius 3 is 2.61 bits per heavy atom. The quantitative estimate of drug-likeness (QED) is 0.364. The topological polar surface area (TPSA) is 51.2 Å². The number of hydrogen-bond donors (Lipinski definition) is 1. The van der Waals surface area contributed by atoms with Crippen LogP contribution >= 0.6 is 11.8 Å². The van der Waals surface area contributed by atoms with Gasteiger partial charge in [0.2, 0.25) is 0 Å². The van der Waals surface area contributed by atoms with Gasteiger partial charge in [-0.3, -0.25) is 9.29 Å². The van der Waals surface area contributed by atoms with Gasteiger partial charge in [-0.2, -0.15) is 0 Å². The van der Waals surface area contributed by atoms with E-state index in [1.807, 2.05) is 30.3 Å². The summed E-state index contributed by atoms with van der Waals surface area (Å²) in [6.45, 7) is 2.13. The lowest BCUT2D eigenvalue weighted by atomic mass is 9.89. The molecule has 6 rings (SSSR count). The van der Waals surface area contributed by atoms with Gasteiger partial charge in [-0.25, -0.2) is 0 Å². The van der Waals surface area contributed by atoms with E-state index in [4.69, 9.17) is 9.47 Å². The van der Waals surface area contributed by atoms with E-state index in [-0.39, 0.29) is 30.0 Å². The van der Waals surface area contributed by atoms with E-state index >= 15 is 0 Å². The predicted octanol–water partition coefficient (Wildman–Crippen LogP) is 6.59. The van der Waals surface area contributed by atoms with Crippen molar-refractivity contribution in [1.82, 2.24) is 4.90 Å². The summed E-state index contributed by atoms with van der Waals surface area (Å²) in [6, 6.07) is 18.0. The molecule has 0 aliphatic carbocycles. The summed E-state index contributed by atoms with van der Waals surface area (Å²) in [5.74, 6) is 1.53. The third-order valence-corrected chi connectivity index (χ3v) is 8.02. The number of halogens is 3. The molecular weight excluding hydrogens is 515 g/mol. The highest BCUT2D eigenvalue weighted by molar-refractivity contribution is 7.99. The highest BCUT2D eigenvalue weighted by atomic mass is 32.2.